The van der Waals surface area contributed by atoms with Crippen LogP contribution >= 0.6 is 0 Å². The molecule has 0 atom stereocenters. The summed E-state index contributed by atoms with van der Waals surface area (Å²) in [5, 5.41) is 5.70. The van der Waals surface area contributed by atoms with E-state index in [9.17, 15) is 0 Å². The van der Waals surface area contributed by atoms with Gasteiger partial charge in [0, 0.05) is 24.3 Å². The van der Waals surface area contributed by atoms with Crippen LogP contribution in [0.25, 0.3) is 28.1 Å². The van der Waals surface area contributed by atoms with E-state index in [0.717, 1.165) is 41.1 Å². The fourth-order valence-corrected chi connectivity index (χ4v) is 3.37. The molecule has 0 aliphatic heterocycles. The quantitative estimate of drug-likeness (QED) is 0.545. The Hall–Kier alpha value is -2.93. The first-order chi connectivity index (χ1) is 13.0. The lowest BCUT2D eigenvalue weighted by atomic mass is 10.2. The third kappa shape index (κ3) is 2.94. The average Bonchev–Trinajstić information content (AvgIpc) is 3.20. The summed E-state index contributed by atoms with van der Waals surface area (Å²) in [6, 6.07) is 7.78. The lowest BCUT2D eigenvalue weighted by Gasteiger charge is -2.12. The first kappa shape index (κ1) is 17.5. The number of ether oxygens (including phenoxy) is 1. The van der Waals surface area contributed by atoms with E-state index in [-0.39, 0.29) is 0 Å². The van der Waals surface area contributed by atoms with Crippen LogP contribution in [0.5, 0.6) is 5.75 Å². The van der Waals surface area contributed by atoms with Crippen LogP contribution in [0.1, 0.15) is 11.3 Å². The number of aryl methyl sites for hydroxylation is 1. The van der Waals surface area contributed by atoms with Gasteiger partial charge in [-0.25, -0.2) is 14.5 Å². The van der Waals surface area contributed by atoms with E-state index >= 15 is 0 Å². The molecule has 0 N–H and O–H groups in total. The summed E-state index contributed by atoms with van der Waals surface area (Å²) in [6.45, 7) is 6.13. The number of rotatable bonds is 5. The van der Waals surface area contributed by atoms with E-state index in [4.69, 9.17) is 9.72 Å². The summed E-state index contributed by atoms with van der Waals surface area (Å²) >= 11 is 0. The van der Waals surface area contributed by atoms with Crippen molar-refractivity contribution in [3.8, 4) is 17.1 Å². The molecule has 4 rings (SSSR count). The lowest BCUT2D eigenvalue weighted by Crippen LogP contribution is -2.19. The Morgan fingerprint density at radius 2 is 1.81 bits per heavy atom. The van der Waals surface area contributed by atoms with Crippen molar-refractivity contribution >= 4 is 16.7 Å². The van der Waals surface area contributed by atoms with E-state index in [1.807, 2.05) is 24.3 Å². The number of aromatic nitrogens is 5. The standard InChI is InChI=1S/C20H24N6O/c1-13-14(2)25(11-10-24(3)4)19-17(13)20-22-18(23-26(20)12-21-19)15-6-8-16(27-5)9-7-15/h6-9,12H,10-11H2,1-5H3. The van der Waals surface area contributed by atoms with Crippen molar-refractivity contribution in [2.75, 3.05) is 27.7 Å². The van der Waals surface area contributed by atoms with Crippen molar-refractivity contribution in [3.63, 3.8) is 0 Å². The van der Waals surface area contributed by atoms with Crippen molar-refractivity contribution < 1.29 is 4.74 Å². The van der Waals surface area contributed by atoms with Crippen molar-refractivity contribution in [2.45, 2.75) is 20.4 Å². The van der Waals surface area contributed by atoms with Crippen molar-refractivity contribution in [1.82, 2.24) is 29.0 Å². The molecule has 0 saturated heterocycles. The fraction of sp³-hybridized carbons (Fsp3) is 0.350. The molecular weight excluding hydrogens is 340 g/mol. The highest BCUT2D eigenvalue weighted by Crippen LogP contribution is 2.28. The Kier molecular flexibility index (Phi) is 4.31. The average molecular weight is 364 g/mol. The predicted molar refractivity (Wildman–Crippen MR) is 106 cm³/mol. The molecule has 7 heteroatoms. The topological polar surface area (TPSA) is 60.5 Å². The number of hydrogen-bond acceptors (Lipinski definition) is 5. The largest absolute Gasteiger partial charge is 0.497 e. The van der Waals surface area contributed by atoms with E-state index < -0.39 is 0 Å². The van der Waals surface area contributed by atoms with Crippen molar-refractivity contribution in [3.05, 3.63) is 41.9 Å². The molecule has 0 unspecified atom stereocenters. The van der Waals surface area contributed by atoms with Gasteiger partial charge in [0.15, 0.2) is 11.5 Å². The van der Waals surface area contributed by atoms with Crippen LogP contribution in [0.4, 0.5) is 0 Å². The number of benzene rings is 1. The van der Waals surface area contributed by atoms with Crippen LogP contribution in [-0.2, 0) is 6.54 Å². The minimum atomic E-state index is 0.685. The molecule has 4 aromatic rings. The van der Waals surface area contributed by atoms with Gasteiger partial charge in [0.05, 0.1) is 12.5 Å². The number of hydrogen-bond donors (Lipinski definition) is 0. The first-order valence-corrected chi connectivity index (χ1v) is 8.99. The van der Waals surface area contributed by atoms with Gasteiger partial charge in [-0.15, -0.1) is 5.10 Å². The summed E-state index contributed by atoms with van der Waals surface area (Å²) in [4.78, 5) is 11.7. The Morgan fingerprint density at radius 3 is 2.48 bits per heavy atom. The van der Waals surface area contributed by atoms with Gasteiger partial charge in [-0.2, -0.15) is 0 Å². The predicted octanol–water partition coefficient (Wildman–Crippen LogP) is 2.93. The molecule has 7 nitrogen and oxygen atoms in total. The molecule has 0 fully saturated rings. The second-order valence-corrected chi connectivity index (χ2v) is 7.04. The van der Waals surface area contributed by atoms with Crippen molar-refractivity contribution in [1.29, 1.82) is 0 Å². The second kappa shape index (κ2) is 6.66. The highest BCUT2D eigenvalue weighted by atomic mass is 16.5. The maximum atomic E-state index is 5.23. The number of likely N-dealkylation sites (N-methyl/N-ethyl adjacent to an activating group) is 1. The Bertz CT molecular complexity index is 1110. The molecule has 0 saturated carbocycles. The molecule has 0 bridgehead atoms. The van der Waals surface area contributed by atoms with Gasteiger partial charge in [-0.1, -0.05) is 0 Å². The van der Waals surface area contributed by atoms with Gasteiger partial charge in [-0.3, -0.25) is 0 Å². The van der Waals surface area contributed by atoms with E-state index in [1.54, 1.807) is 18.0 Å². The normalized spacial score (nSPS) is 11.8. The summed E-state index contributed by atoms with van der Waals surface area (Å²) in [5.41, 5.74) is 5.19. The summed E-state index contributed by atoms with van der Waals surface area (Å²) < 4.78 is 9.27. The molecule has 3 aromatic heterocycles. The zero-order chi connectivity index (χ0) is 19.1. The monoisotopic (exact) mass is 364 g/mol. The molecule has 0 amide bonds. The van der Waals surface area contributed by atoms with Crippen LogP contribution in [0.3, 0.4) is 0 Å². The zero-order valence-electron chi connectivity index (χ0n) is 16.4. The summed E-state index contributed by atoms with van der Waals surface area (Å²) in [7, 11) is 5.82. The van der Waals surface area contributed by atoms with Crippen LogP contribution < -0.4 is 4.74 Å². The van der Waals surface area contributed by atoms with Crippen LogP contribution in [0.15, 0.2) is 30.6 Å². The minimum Gasteiger partial charge on any atom is -0.497 e. The third-order valence-corrected chi connectivity index (χ3v) is 5.07. The summed E-state index contributed by atoms with van der Waals surface area (Å²) in [6.07, 6.45) is 1.75. The van der Waals surface area contributed by atoms with E-state index in [2.05, 4.69) is 47.5 Å². The van der Waals surface area contributed by atoms with Crippen LogP contribution in [0.2, 0.25) is 0 Å². The molecular formula is C20H24N6O. The van der Waals surface area contributed by atoms with Gasteiger partial charge in [0.1, 0.15) is 17.7 Å². The number of methoxy groups -OCH3 is 1. The summed E-state index contributed by atoms with van der Waals surface area (Å²) in [5.74, 6) is 1.50. The SMILES string of the molecule is COc1ccc(-c2nc3c4c(C)c(C)n(CCN(C)C)c4ncn3n2)cc1. The Labute approximate surface area is 158 Å². The zero-order valence-corrected chi connectivity index (χ0v) is 16.4. The number of nitrogens with zero attached hydrogens (tertiary/aromatic N) is 6. The van der Waals surface area contributed by atoms with E-state index in [1.165, 1.54) is 11.3 Å². The Morgan fingerprint density at radius 1 is 1.07 bits per heavy atom. The lowest BCUT2D eigenvalue weighted by molar-refractivity contribution is 0.384. The van der Waals surface area contributed by atoms with Crippen molar-refractivity contribution in [2.24, 2.45) is 0 Å². The maximum Gasteiger partial charge on any atom is 0.182 e. The molecule has 27 heavy (non-hydrogen) atoms. The first-order valence-electron chi connectivity index (χ1n) is 8.99. The van der Waals surface area contributed by atoms with E-state index in [0.29, 0.717) is 5.82 Å². The van der Waals surface area contributed by atoms with Gasteiger partial charge in [-0.05, 0) is 57.8 Å². The van der Waals surface area contributed by atoms with Gasteiger partial charge < -0.3 is 14.2 Å². The van der Waals surface area contributed by atoms with Crippen LogP contribution in [-0.4, -0.2) is 56.8 Å². The van der Waals surface area contributed by atoms with Gasteiger partial charge in [0.25, 0.3) is 0 Å². The molecule has 1 aromatic carbocycles. The molecule has 140 valence electrons. The number of fused-ring (bicyclic) bond motifs is 3. The smallest absolute Gasteiger partial charge is 0.182 e. The highest BCUT2D eigenvalue weighted by Gasteiger charge is 2.18. The second-order valence-electron chi connectivity index (χ2n) is 7.04. The fourth-order valence-electron chi connectivity index (χ4n) is 3.37. The maximum absolute atomic E-state index is 5.23. The highest BCUT2D eigenvalue weighted by molar-refractivity contribution is 5.94. The molecule has 0 spiro atoms. The van der Waals surface area contributed by atoms with Crippen LogP contribution in [0, 0.1) is 13.8 Å². The third-order valence-electron chi connectivity index (χ3n) is 5.07. The molecule has 0 radical (unpaired) electrons. The molecule has 0 aliphatic rings. The minimum absolute atomic E-state index is 0.685. The van der Waals surface area contributed by atoms with Gasteiger partial charge in [0.2, 0.25) is 0 Å². The molecule has 0 aliphatic carbocycles. The van der Waals surface area contributed by atoms with Gasteiger partial charge >= 0.3 is 0 Å². The Balaban J connectivity index is 1.85. The molecule has 3 heterocycles.